The summed E-state index contributed by atoms with van der Waals surface area (Å²) in [7, 11) is -2.73. The first-order valence-electron chi connectivity index (χ1n) is 20.0. The average Bonchev–Trinajstić information content (AvgIpc) is 3.11. The molecular formula is C45H70OP+. The van der Waals surface area contributed by atoms with Crippen molar-refractivity contribution in [1.82, 2.24) is 0 Å². The van der Waals surface area contributed by atoms with Crippen LogP contribution in [0.2, 0.25) is 0 Å². The van der Waals surface area contributed by atoms with E-state index in [0.29, 0.717) is 0 Å². The number of hydrogen-bond donors (Lipinski definition) is 1. The molecule has 0 atom stereocenters. The van der Waals surface area contributed by atoms with E-state index in [2.05, 4.69) is 93.6 Å². The van der Waals surface area contributed by atoms with Gasteiger partial charge in [0, 0.05) is 0 Å². The van der Waals surface area contributed by atoms with Gasteiger partial charge < -0.3 is 0 Å². The highest BCUT2D eigenvalue weighted by molar-refractivity contribution is 7.91. The van der Waals surface area contributed by atoms with Crippen LogP contribution in [0.1, 0.15) is 172 Å². The molecular weight excluding hydrogens is 587 g/mol. The van der Waals surface area contributed by atoms with Gasteiger partial charge in [-0.3, -0.25) is 0 Å². The van der Waals surface area contributed by atoms with E-state index in [9.17, 15) is 4.89 Å². The summed E-state index contributed by atoms with van der Waals surface area (Å²) >= 11 is 0. The Bertz CT molecular complexity index is 1020. The van der Waals surface area contributed by atoms with Crippen LogP contribution in [0.4, 0.5) is 0 Å². The smallest absolute Gasteiger partial charge is 0.235 e. The molecule has 0 aromatic heterocycles. The summed E-state index contributed by atoms with van der Waals surface area (Å²) < 4.78 is 0. The lowest BCUT2D eigenvalue weighted by molar-refractivity contribution is 0.589. The highest BCUT2D eigenvalue weighted by Gasteiger charge is 2.44. The number of hydrogen-bond acceptors (Lipinski definition) is 1. The summed E-state index contributed by atoms with van der Waals surface area (Å²) in [5.74, 6) is 0. The third kappa shape index (κ3) is 14.6. The monoisotopic (exact) mass is 658 g/mol. The molecule has 3 aromatic rings. The van der Waals surface area contributed by atoms with E-state index < -0.39 is 7.49 Å². The number of unbranched alkanes of at least 4 members (excludes halogenated alkanes) is 18. The van der Waals surface area contributed by atoms with Crippen LogP contribution in [0.25, 0.3) is 0 Å². The zero-order valence-electron chi connectivity index (χ0n) is 30.8. The molecule has 1 nitrogen and oxygen atoms in total. The third-order valence-electron chi connectivity index (χ3n) is 10.1. The van der Waals surface area contributed by atoms with E-state index in [-0.39, 0.29) is 0 Å². The zero-order valence-corrected chi connectivity index (χ0v) is 31.7. The minimum absolute atomic E-state index is 1.07. The zero-order chi connectivity index (χ0) is 33.4. The minimum Gasteiger partial charge on any atom is -0.235 e. The van der Waals surface area contributed by atoms with Crippen LogP contribution < -0.4 is 15.9 Å². The van der Waals surface area contributed by atoms with Gasteiger partial charge in [0.25, 0.3) is 0 Å². The maximum absolute atomic E-state index is 12.8. The molecule has 1 N–H and O–H groups in total. The molecule has 0 aliphatic carbocycles. The lowest BCUT2D eigenvalue weighted by atomic mass is 10.0. The highest BCUT2D eigenvalue weighted by Crippen LogP contribution is 2.51. The average molecular weight is 658 g/mol. The fourth-order valence-electron chi connectivity index (χ4n) is 6.94. The first-order chi connectivity index (χ1) is 23.1. The Labute approximate surface area is 291 Å². The Morgan fingerprint density at radius 3 is 0.766 bits per heavy atom. The van der Waals surface area contributed by atoms with Gasteiger partial charge in [-0.1, -0.05) is 173 Å². The number of aryl methyl sites for hydroxylation is 3. The maximum atomic E-state index is 12.8. The Balaban J connectivity index is 1.68. The van der Waals surface area contributed by atoms with Gasteiger partial charge in [0.2, 0.25) is 7.49 Å². The van der Waals surface area contributed by atoms with E-state index >= 15 is 0 Å². The van der Waals surface area contributed by atoms with Crippen molar-refractivity contribution in [2.45, 2.75) is 175 Å². The fraction of sp³-hybridized carbons (Fsp3) is 0.600. The van der Waals surface area contributed by atoms with Crippen LogP contribution in [0.15, 0.2) is 72.8 Å². The van der Waals surface area contributed by atoms with Crippen LogP contribution >= 0.6 is 7.49 Å². The molecule has 0 heterocycles. The van der Waals surface area contributed by atoms with Gasteiger partial charge in [-0.15, -0.1) is 0 Å². The van der Waals surface area contributed by atoms with Crippen molar-refractivity contribution in [3.63, 3.8) is 0 Å². The molecule has 0 amide bonds. The topological polar surface area (TPSA) is 20.2 Å². The SMILES string of the molecule is CCCCCCCCCc1ccc([P+](O)(c2ccc(CCCCCCCCC)cc2)c2ccc(CCCCCCCCC)cc2)cc1. The van der Waals surface area contributed by atoms with Crippen molar-refractivity contribution < 1.29 is 4.89 Å². The first-order valence-corrected chi connectivity index (χ1v) is 21.8. The maximum Gasteiger partial charge on any atom is 0.238 e. The quantitative estimate of drug-likeness (QED) is 0.0639. The second-order valence-corrected chi connectivity index (χ2v) is 17.1. The van der Waals surface area contributed by atoms with E-state index in [0.717, 1.165) is 35.2 Å². The molecule has 0 saturated carbocycles. The van der Waals surface area contributed by atoms with Crippen LogP contribution in [-0.2, 0) is 19.3 Å². The molecule has 0 aliphatic rings. The minimum atomic E-state index is -2.73. The predicted octanol–water partition coefficient (Wildman–Crippen LogP) is 12.8. The molecule has 0 aliphatic heterocycles. The molecule has 260 valence electrons. The third-order valence-corrected chi connectivity index (χ3v) is 13.3. The van der Waals surface area contributed by atoms with E-state index in [1.165, 1.54) is 152 Å². The van der Waals surface area contributed by atoms with Crippen molar-refractivity contribution in [3.8, 4) is 0 Å². The summed E-state index contributed by atoms with van der Waals surface area (Å²) in [6.45, 7) is 6.85. The highest BCUT2D eigenvalue weighted by atomic mass is 31.2. The van der Waals surface area contributed by atoms with E-state index in [1.807, 2.05) is 0 Å². The lowest BCUT2D eigenvalue weighted by Crippen LogP contribution is -2.31. The Kier molecular flexibility index (Phi) is 20.4. The van der Waals surface area contributed by atoms with Gasteiger partial charge in [-0.2, -0.15) is 0 Å². The molecule has 2 heteroatoms. The number of rotatable bonds is 27. The van der Waals surface area contributed by atoms with Crippen LogP contribution in [0, 0.1) is 0 Å². The van der Waals surface area contributed by atoms with Crippen molar-refractivity contribution in [3.05, 3.63) is 89.5 Å². The van der Waals surface area contributed by atoms with Gasteiger partial charge >= 0.3 is 0 Å². The van der Waals surface area contributed by atoms with E-state index in [1.54, 1.807) is 0 Å². The molecule has 3 aromatic carbocycles. The van der Waals surface area contributed by atoms with Gasteiger partial charge in [0.05, 0.1) is 0 Å². The summed E-state index contributed by atoms with van der Waals surface area (Å²) in [5, 5.41) is 3.21. The standard InChI is InChI=1S/C45H70OP/c1-4-7-10-13-16-19-22-25-40-28-34-43(35-29-40)47(46,44-36-30-41(31-37-44)26-23-20-17-14-11-8-5-2)45-38-32-42(33-39-45)27-24-21-18-15-12-9-6-3/h28-39,46H,4-27H2,1-3H3/q+1. The largest absolute Gasteiger partial charge is 0.238 e. The molecule has 0 fully saturated rings. The van der Waals surface area contributed by atoms with Gasteiger partial charge in [0.15, 0.2) is 0 Å². The number of benzene rings is 3. The summed E-state index contributed by atoms with van der Waals surface area (Å²) in [4.78, 5) is 12.8. The Hall–Kier alpha value is -1.95. The normalized spacial score (nSPS) is 11.7. The molecule has 0 saturated heterocycles. The first kappa shape index (κ1) is 39.5. The fourth-order valence-corrected chi connectivity index (χ4v) is 9.58. The molecule has 0 unspecified atom stereocenters. The molecule has 0 bridgehead atoms. The second-order valence-electron chi connectivity index (χ2n) is 14.2. The summed E-state index contributed by atoms with van der Waals surface area (Å²) in [6, 6.07) is 27.0. The summed E-state index contributed by atoms with van der Waals surface area (Å²) in [6.07, 6.45) is 31.5. The Morgan fingerprint density at radius 1 is 0.319 bits per heavy atom. The van der Waals surface area contributed by atoms with Crippen molar-refractivity contribution in [2.24, 2.45) is 0 Å². The van der Waals surface area contributed by atoms with Gasteiger partial charge in [0.1, 0.15) is 15.9 Å². The lowest BCUT2D eigenvalue weighted by Gasteiger charge is -2.21. The van der Waals surface area contributed by atoms with Crippen LogP contribution in [0.5, 0.6) is 0 Å². The van der Waals surface area contributed by atoms with Gasteiger partial charge in [-0.25, -0.2) is 4.89 Å². The summed E-state index contributed by atoms with van der Waals surface area (Å²) in [5.41, 5.74) is 4.18. The predicted molar refractivity (Wildman–Crippen MR) is 212 cm³/mol. The molecule has 0 spiro atoms. The van der Waals surface area contributed by atoms with Crippen LogP contribution in [-0.4, -0.2) is 4.89 Å². The van der Waals surface area contributed by atoms with Crippen molar-refractivity contribution in [2.75, 3.05) is 0 Å². The second kappa shape index (κ2) is 24.2. The molecule has 47 heavy (non-hydrogen) atoms. The van der Waals surface area contributed by atoms with Crippen molar-refractivity contribution >= 4 is 23.4 Å². The molecule has 3 rings (SSSR count). The van der Waals surface area contributed by atoms with Gasteiger partial charge in [-0.05, 0) is 91.6 Å². The van der Waals surface area contributed by atoms with E-state index in [4.69, 9.17) is 0 Å². The molecule has 0 radical (unpaired) electrons. The van der Waals surface area contributed by atoms with Crippen LogP contribution in [0.3, 0.4) is 0 Å². The van der Waals surface area contributed by atoms with Crippen molar-refractivity contribution in [1.29, 1.82) is 0 Å². The Morgan fingerprint density at radius 2 is 0.532 bits per heavy atom.